The number of benzene rings is 1. The molecule has 1 amide bonds. The maximum absolute atomic E-state index is 12.3. The number of aromatic hydroxyl groups is 1. The second-order valence-electron chi connectivity index (χ2n) is 5.74. The third-order valence-electron chi connectivity index (χ3n) is 4.12. The van der Waals surface area contributed by atoms with E-state index in [0.717, 1.165) is 25.7 Å². The first-order valence-electron chi connectivity index (χ1n) is 6.88. The normalized spacial score (nSPS) is 26.2. The van der Waals surface area contributed by atoms with Gasteiger partial charge in [0, 0.05) is 5.56 Å². The van der Waals surface area contributed by atoms with Crippen molar-refractivity contribution in [2.45, 2.75) is 38.1 Å². The molecule has 1 fully saturated rings. The molecule has 2 rings (SSSR count). The predicted molar refractivity (Wildman–Crippen MR) is 78.0 cm³/mol. The summed E-state index contributed by atoms with van der Waals surface area (Å²) < 4.78 is 0. The number of hydrogen-bond acceptors (Lipinski definition) is 3. The molecule has 0 aromatic heterocycles. The Morgan fingerprint density at radius 2 is 2.10 bits per heavy atom. The second kappa shape index (κ2) is 6.02. The van der Waals surface area contributed by atoms with Crippen molar-refractivity contribution < 1.29 is 15.0 Å². The van der Waals surface area contributed by atoms with Crippen molar-refractivity contribution in [3.63, 3.8) is 0 Å². The topological polar surface area (TPSA) is 69.6 Å². The van der Waals surface area contributed by atoms with E-state index in [0.29, 0.717) is 11.5 Å². The van der Waals surface area contributed by atoms with Crippen LogP contribution in [0.3, 0.4) is 0 Å². The number of amides is 1. The van der Waals surface area contributed by atoms with Gasteiger partial charge in [-0.3, -0.25) is 4.79 Å². The SMILES string of the molecule is CC1CCC(CO)(NC(=O)c2ccc(O)c(Cl)c2)CC1. The van der Waals surface area contributed by atoms with Gasteiger partial charge in [0.2, 0.25) is 0 Å². The van der Waals surface area contributed by atoms with Gasteiger partial charge in [-0.25, -0.2) is 0 Å². The molecule has 3 N–H and O–H groups in total. The molecule has 1 aromatic carbocycles. The molecule has 1 saturated carbocycles. The van der Waals surface area contributed by atoms with Gasteiger partial charge in [-0.05, 0) is 49.8 Å². The molecule has 0 atom stereocenters. The maximum Gasteiger partial charge on any atom is 0.251 e. The van der Waals surface area contributed by atoms with E-state index in [1.54, 1.807) is 0 Å². The highest BCUT2D eigenvalue weighted by Crippen LogP contribution is 2.32. The lowest BCUT2D eigenvalue weighted by atomic mass is 9.77. The lowest BCUT2D eigenvalue weighted by Crippen LogP contribution is -2.53. The van der Waals surface area contributed by atoms with Gasteiger partial charge in [0.15, 0.2) is 0 Å². The maximum atomic E-state index is 12.3. The highest BCUT2D eigenvalue weighted by atomic mass is 35.5. The molecule has 0 saturated heterocycles. The molecule has 0 spiro atoms. The summed E-state index contributed by atoms with van der Waals surface area (Å²) in [6.07, 6.45) is 3.55. The highest BCUT2D eigenvalue weighted by Gasteiger charge is 2.35. The predicted octanol–water partition coefficient (Wildman–Crippen LogP) is 2.72. The monoisotopic (exact) mass is 297 g/mol. The van der Waals surface area contributed by atoms with E-state index >= 15 is 0 Å². The van der Waals surface area contributed by atoms with Gasteiger partial charge in [0.25, 0.3) is 5.91 Å². The van der Waals surface area contributed by atoms with Crippen molar-refractivity contribution in [1.29, 1.82) is 0 Å². The van der Waals surface area contributed by atoms with Crippen LogP contribution in [0.15, 0.2) is 18.2 Å². The summed E-state index contributed by atoms with van der Waals surface area (Å²) in [6.45, 7) is 2.13. The Kier molecular flexibility index (Phi) is 4.55. The Balaban J connectivity index is 2.11. The van der Waals surface area contributed by atoms with Crippen LogP contribution >= 0.6 is 11.6 Å². The van der Waals surface area contributed by atoms with E-state index in [9.17, 15) is 15.0 Å². The Morgan fingerprint density at radius 1 is 1.45 bits per heavy atom. The Morgan fingerprint density at radius 3 is 2.65 bits per heavy atom. The van der Waals surface area contributed by atoms with Crippen LogP contribution in [-0.4, -0.2) is 28.3 Å². The minimum absolute atomic E-state index is 0.0495. The molecule has 1 aliphatic rings. The second-order valence-corrected chi connectivity index (χ2v) is 6.15. The number of rotatable bonds is 3. The number of aliphatic hydroxyl groups is 1. The number of hydrogen-bond donors (Lipinski definition) is 3. The first-order chi connectivity index (χ1) is 9.46. The molecular formula is C15H20ClNO3. The summed E-state index contributed by atoms with van der Waals surface area (Å²) in [4.78, 5) is 12.3. The standard InChI is InChI=1S/C15H20ClNO3/c1-10-4-6-15(9-18,7-5-10)17-14(20)11-2-3-13(19)12(16)8-11/h2-3,8,10,18-19H,4-7,9H2,1H3,(H,17,20). The van der Waals surface area contributed by atoms with Crippen molar-refractivity contribution in [1.82, 2.24) is 5.32 Å². The third kappa shape index (κ3) is 3.25. The molecule has 1 aromatic rings. The largest absolute Gasteiger partial charge is 0.506 e. The first-order valence-corrected chi connectivity index (χ1v) is 7.25. The first kappa shape index (κ1) is 15.1. The molecule has 0 bridgehead atoms. The number of aliphatic hydroxyl groups excluding tert-OH is 1. The summed E-state index contributed by atoms with van der Waals surface area (Å²) >= 11 is 5.81. The van der Waals surface area contributed by atoms with Crippen LogP contribution in [-0.2, 0) is 0 Å². The van der Waals surface area contributed by atoms with E-state index in [-0.39, 0.29) is 23.3 Å². The molecule has 1 aliphatic carbocycles. The van der Waals surface area contributed by atoms with Gasteiger partial charge < -0.3 is 15.5 Å². The van der Waals surface area contributed by atoms with E-state index in [1.165, 1.54) is 18.2 Å². The molecule has 0 heterocycles. The molecule has 0 unspecified atom stereocenters. The highest BCUT2D eigenvalue weighted by molar-refractivity contribution is 6.32. The minimum Gasteiger partial charge on any atom is -0.506 e. The van der Waals surface area contributed by atoms with Crippen LogP contribution in [0.2, 0.25) is 5.02 Å². The fourth-order valence-corrected chi connectivity index (χ4v) is 2.78. The van der Waals surface area contributed by atoms with E-state index in [2.05, 4.69) is 12.2 Å². The summed E-state index contributed by atoms with van der Waals surface area (Å²) in [5.74, 6) is 0.316. The molecule has 0 radical (unpaired) electrons. The zero-order valence-electron chi connectivity index (χ0n) is 11.5. The van der Waals surface area contributed by atoms with Crippen LogP contribution in [0.5, 0.6) is 5.75 Å². The number of carbonyl (C=O) groups is 1. The molecule has 20 heavy (non-hydrogen) atoms. The summed E-state index contributed by atoms with van der Waals surface area (Å²) in [6, 6.07) is 4.35. The van der Waals surface area contributed by atoms with Crippen molar-refractivity contribution in [2.75, 3.05) is 6.61 Å². The van der Waals surface area contributed by atoms with E-state index in [4.69, 9.17) is 11.6 Å². The van der Waals surface area contributed by atoms with Crippen molar-refractivity contribution in [3.05, 3.63) is 28.8 Å². The van der Waals surface area contributed by atoms with Gasteiger partial charge in [-0.2, -0.15) is 0 Å². The molecule has 110 valence electrons. The summed E-state index contributed by atoms with van der Waals surface area (Å²) in [5, 5.41) is 22.1. The summed E-state index contributed by atoms with van der Waals surface area (Å²) in [7, 11) is 0. The number of phenolic OH excluding ortho intramolecular Hbond substituents is 1. The fraction of sp³-hybridized carbons (Fsp3) is 0.533. The van der Waals surface area contributed by atoms with Crippen LogP contribution in [0.1, 0.15) is 43.0 Å². The third-order valence-corrected chi connectivity index (χ3v) is 4.43. The Hall–Kier alpha value is -1.26. The Labute approximate surface area is 123 Å². The fourth-order valence-electron chi connectivity index (χ4n) is 2.60. The van der Waals surface area contributed by atoms with Crippen molar-refractivity contribution in [3.8, 4) is 5.75 Å². The number of nitrogens with one attached hydrogen (secondary N) is 1. The lowest BCUT2D eigenvalue weighted by Gasteiger charge is -2.38. The van der Waals surface area contributed by atoms with Crippen LogP contribution in [0.25, 0.3) is 0 Å². The Bertz CT molecular complexity index is 496. The average molecular weight is 298 g/mol. The zero-order valence-corrected chi connectivity index (χ0v) is 12.3. The van der Waals surface area contributed by atoms with E-state index in [1.807, 2.05) is 0 Å². The van der Waals surface area contributed by atoms with Crippen LogP contribution in [0, 0.1) is 5.92 Å². The lowest BCUT2D eigenvalue weighted by molar-refractivity contribution is 0.0717. The van der Waals surface area contributed by atoms with Crippen molar-refractivity contribution in [2.24, 2.45) is 5.92 Å². The number of carbonyl (C=O) groups excluding carboxylic acids is 1. The van der Waals surface area contributed by atoms with Gasteiger partial charge >= 0.3 is 0 Å². The molecular weight excluding hydrogens is 278 g/mol. The summed E-state index contributed by atoms with van der Waals surface area (Å²) in [5.41, 5.74) is -0.146. The van der Waals surface area contributed by atoms with Crippen LogP contribution in [0.4, 0.5) is 0 Å². The number of phenols is 1. The van der Waals surface area contributed by atoms with Gasteiger partial charge in [-0.1, -0.05) is 18.5 Å². The van der Waals surface area contributed by atoms with Gasteiger partial charge in [-0.15, -0.1) is 0 Å². The van der Waals surface area contributed by atoms with Crippen LogP contribution < -0.4 is 5.32 Å². The minimum atomic E-state index is -0.534. The molecule has 5 heteroatoms. The number of halogens is 1. The molecule has 0 aliphatic heterocycles. The average Bonchev–Trinajstić information content (AvgIpc) is 2.44. The smallest absolute Gasteiger partial charge is 0.251 e. The quantitative estimate of drug-likeness (QED) is 0.803. The van der Waals surface area contributed by atoms with Gasteiger partial charge in [0.1, 0.15) is 5.75 Å². The van der Waals surface area contributed by atoms with Crippen molar-refractivity contribution >= 4 is 17.5 Å². The van der Waals surface area contributed by atoms with E-state index < -0.39 is 5.54 Å². The van der Waals surface area contributed by atoms with Gasteiger partial charge in [0.05, 0.1) is 17.2 Å². The molecule has 4 nitrogen and oxygen atoms in total. The zero-order chi connectivity index (χ0) is 14.8.